The quantitative estimate of drug-likeness (QED) is 0.874. The molecule has 0 saturated carbocycles. The van der Waals surface area contributed by atoms with Gasteiger partial charge < -0.3 is 4.52 Å². The van der Waals surface area contributed by atoms with Gasteiger partial charge in [0.2, 0.25) is 5.91 Å². The van der Waals surface area contributed by atoms with Gasteiger partial charge in [0.15, 0.2) is 5.82 Å². The van der Waals surface area contributed by atoms with E-state index >= 15 is 0 Å². The van der Waals surface area contributed by atoms with Crippen LogP contribution < -0.4 is 4.90 Å². The lowest BCUT2D eigenvalue weighted by atomic mass is 10.1. The predicted molar refractivity (Wildman–Crippen MR) is 87.0 cm³/mol. The summed E-state index contributed by atoms with van der Waals surface area (Å²) in [5, 5.41) is 4.09. The van der Waals surface area contributed by atoms with Gasteiger partial charge in [-0.1, -0.05) is 36.3 Å². The Morgan fingerprint density at radius 1 is 1.30 bits per heavy atom. The molecule has 2 fully saturated rings. The SMILES string of the molecule is CCc1ccc(C2N(c3cc(C)on3)C(=O)C3CCCN32)cc1. The summed E-state index contributed by atoms with van der Waals surface area (Å²) in [7, 11) is 0. The van der Waals surface area contributed by atoms with Crippen molar-refractivity contribution in [1.82, 2.24) is 10.1 Å². The minimum absolute atomic E-state index is 0.0251. The fraction of sp³-hybridized carbons (Fsp3) is 0.444. The molecule has 5 nitrogen and oxygen atoms in total. The topological polar surface area (TPSA) is 49.6 Å². The number of carbonyl (C=O) groups excluding carboxylic acids is 1. The summed E-state index contributed by atoms with van der Waals surface area (Å²) in [5.74, 6) is 1.48. The monoisotopic (exact) mass is 311 g/mol. The van der Waals surface area contributed by atoms with Crippen LogP contribution >= 0.6 is 0 Å². The zero-order valence-corrected chi connectivity index (χ0v) is 13.5. The van der Waals surface area contributed by atoms with Crippen LogP contribution in [-0.4, -0.2) is 28.6 Å². The highest BCUT2D eigenvalue weighted by Gasteiger charge is 2.50. The molecule has 3 heterocycles. The van der Waals surface area contributed by atoms with Crippen molar-refractivity contribution in [2.45, 2.75) is 45.3 Å². The first-order valence-electron chi connectivity index (χ1n) is 8.30. The van der Waals surface area contributed by atoms with Crippen LogP contribution in [0, 0.1) is 6.92 Å². The van der Waals surface area contributed by atoms with Gasteiger partial charge >= 0.3 is 0 Å². The normalized spacial score (nSPS) is 24.4. The summed E-state index contributed by atoms with van der Waals surface area (Å²) in [6.45, 7) is 4.95. The fourth-order valence-electron chi connectivity index (χ4n) is 3.75. The lowest BCUT2D eigenvalue weighted by molar-refractivity contribution is -0.119. The maximum atomic E-state index is 12.9. The average molecular weight is 311 g/mol. The van der Waals surface area contributed by atoms with Crippen LogP contribution in [-0.2, 0) is 11.2 Å². The van der Waals surface area contributed by atoms with Crippen molar-refractivity contribution in [3.63, 3.8) is 0 Å². The number of fused-ring (bicyclic) bond motifs is 1. The summed E-state index contributed by atoms with van der Waals surface area (Å²) in [6.07, 6.45) is 2.94. The predicted octanol–water partition coefficient (Wildman–Crippen LogP) is 3.06. The zero-order valence-electron chi connectivity index (χ0n) is 13.5. The second-order valence-corrected chi connectivity index (χ2v) is 6.37. The number of aromatic nitrogens is 1. The molecule has 2 unspecified atom stereocenters. The number of hydrogen-bond donors (Lipinski definition) is 0. The van der Waals surface area contributed by atoms with Gasteiger partial charge in [0.25, 0.3) is 0 Å². The molecule has 2 aliphatic heterocycles. The Labute approximate surface area is 135 Å². The van der Waals surface area contributed by atoms with Gasteiger partial charge in [-0.15, -0.1) is 0 Å². The first-order chi connectivity index (χ1) is 11.2. The van der Waals surface area contributed by atoms with Crippen molar-refractivity contribution in [3.05, 3.63) is 47.2 Å². The van der Waals surface area contributed by atoms with E-state index in [1.54, 1.807) is 4.90 Å². The van der Waals surface area contributed by atoms with E-state index in [1.165, 1.54) is 5.56 Å². The average Bonchev–Trinajstić information content (AvgIpc) is 3.25. The molecule has 0 N–H and O–H groups in total. The van der Waals surface area contributed by atoms with Crippen LogP contribution in [0.2, 0.25) is 0 Å². The fourth-order valence-corrected chi connectivity index (χ4v) is 3.75. The lowest BCUT2D eigenvalue weighted by Gasteiger charge is -2.28. The first-order valence-corrected chi connectivity index (χ1v) is 8.30. The highest BCUT2D eigenvalue weighted by atomic mass is 16.5. The van der Waals surface area contributed by atoms with Crippen molar-refractivity contribution in [3.8, 4) is 0 Å². The van der Waals surface area contributed by atoms with E-state index in [0.29, 0.717) is 5.82 Å². The third kappa shape index (κ3) is 2.27. The van der Waals surface area contributed by atoms with E-state index in [1.807, 2.05) is 13.0 Å². The zero-order chi connectivity index (χ0) is 16.0. The number of hydrogen-bond acceptors (Lipinski definition) is 4. The molecule has 2 atom stereocenters. The maximum absolute atomic E-state index is 12.9. The minimum Gasteiger partial charge on any atom is -0.360 e. The molecule has 0 spiro atoms. The highest BCUT2D eigenvalue weighted by Crippen LogP contribution is 2.42. The van der Waals surface area contributed by atoms with Crippen molar-refractivity contribution >= 4 is 11.7 Å². The molecule has 1 aromatic heterocycles. The molecule has 1 amide bonds. The molecular weight excluding hydrogens is 290 g/mol. The van der Waals surface area contributed by atoms with Gasteiger partial charge in [-0.3, -0.25) is 14.6 Å². The number of aryl methyl sites for hydroxylation is 2. The van der Waals surface area contributed by atoms with Gasteiger partial charge in [0.1, 0.15) is 11.9 Å². The Balaban J connectivity index is 1.76. The molecule has 120 valence electrons. The molecule has 2 aliphatic rings. The van der Waals surface area contributed by atoms with Crippen LogP contribution in [0.3, 0.4) is 0 Å². The Kier molecular flexibility index (Phi) is 3.45. The van der Waals surface area contributed by atoms with Crippen molar-refractivity contribution in [2.24, 2.45) is 0 Å². The van der Waals surface area contributed by atoms with Crippen molar-refractivity contribution in [1.29, 1.82) is 0 Å². The van der Waals surface area contributed by atoms with Gasteiger partial charge in [0.05, 0.1) is 6.04 Å². The highest BCUT2D eigenvalue weighted by molar-refractivity contribution is 5.99. The number of anilines is 1. The van der Waals surface area contributed by atoms with E-state index in [-0.39, 0.29) is 18.1 Å². The van der Waals surface area contributed by atoms with Crippen LogP contribution in [0.4, 0.5) is 5.82 Å². The molecule has 5 heteroatoms. The summed E-state index contributed by atoms with van der Waals surface area (Å²) < 4.78 is 5.21. The first kappa shape index (κ1) is 14.5. The molecule has 23 heavy (non-hydrogen) atoms. The smallest absolute Gasteiger partial charge is 0.247 e. The number of amides is 1. The molecular formula is C18H21N3O2. The molecule has 0 bridgehead atoms. The van der Waals surface area contributed by atoms with Crippen LogP contribution in [0.1, 0.15) is 42.8 Å². The lowest BCUT2D eigenvalue weighted by Crippen LogP contribution is -2.32. The van der Waals surface area contributed by atoms with Gasteiger partial charge in [-0.05, 0) is 37.3 Å². The standard InChI is InChI=1S/C18H21N3O2/c1-3-13-6-8-14(9-7-13)17-20-10-4-5-15(20)18(22)21(17)16-11-12(2)23-19-16/h6-9,11,15,17H,3-5,10H2,1-2H3. The second kappa shape index (κ2) is 5.49. The maximum Gasteiger partial charge on any atom is 0.247 e. The third-order valence-electron chi connectivity index (χ3n) is 4.92. The van der Waals surface area contributed by atoms with Crippen molar-refractivity contribution in [2.75, 3.05) is 11.4 Å². The van der Waals surface area contributed by atoms with Crippen LogP contribution in [0.5, 0.6) is 0 Å². The Hall–Kier alpha value is -2.14. The molecule has 2 aromatic rings. The van der Waals surface area contributed by atoms with Crippen LogP contribution in [0.15, 0.2) is 34.9 Å². The number of nitrogens with zero attached hydrogens (tertiary/aromatic N) is 3. The molecule has 4 rings (SSSR count). The largest absolute Gasteiger partial charge is 0.360 e. The van der Waals surface area contributed by atoms with E-state index in [4.69, 9.17) is 4.52 Å². The van der Waals surface area contributed by atoms with E-state index in [0.717, 1.165) is 37.1 Å². The molecule has 0 aliphatic carbocycles. The molecule has 1 aromatic carbocycles. The number of carbonyl (C=O) groups is 1. The van der Waals surface area contributed by atoms with E-state index < -0.39 is 0 Å². The number of benzene rings is 1. The van der Waals surface area contributed by atoms with E-state index in [2.05, 4.69) is 41.2 Å². The van der Waals surface area contributed by atoms with Gasteiger partial charge in [-0.25, -0.2) is 0 Å². The Morgan fingerprint density at radius 3 is 2.74 bits per heavy atom. The molecule has 2 saturated heterocycles. The van der Waals surface area contributed by atoms with E-state index in [9.17, 15) is 4.79 Å². The third-order valence-corrected chi connectivity index (χ3v) is 4.92. The Morgan fingerprint density at radius 2 is 2.09 bits per heavy atom. The summed E-state index contributed by atoms with van der Waals surface area (Å²) in [4.78, 5) is 17.0. The van der Waals surface area contributed by atoms with Crippen molar-refractivity contribution < 1.29 is 9.32 Å². The second-order valence-electron chi connectivity index (χ2n) is 6.37. The summed E-state index contributed by atoms with van der Waals surface area (Å²) >= 11 is 0. The molecule has 0 radical (unpaired) electrons. The van der Waals surface area contributed by atoms with Gasteiger partial charge in [0, 0.05) is 12.6 Å². The summed E-state index contributed by atoms with van der Waals surface area (Å²) in [5.41, 5.74) is 2.44. The van der Waals surface area contributed by atoms with Crippen LogP contribution in [0.25, 0.3) is 0 Å². The Bertz CT molecular complexity index is 722. The van der Waals surface area contributed by atoms with Gasteiger partial charge in [-0.2, -0.15) is 0 Å². The number of rotatable bonds is 3. The summed E-state index contributed by atoms with van der Waals surface area (Å²) in [6, 6.07) is 10.4. The minimum atomic E-state index is -0.0783.